The Morgan fingerprint density at radius 3 is 2.21 bits per heavy atom. The maximum absolute atomic E-state index is 4.04. The van der Waals surface area contributed by atoms with E-state index in [1.807, 2.05) is 0 Å². The topological polar surface area (TPSA) is 12.0 Å². The van der Waals surface area contributed by atoms with Crippen molar-refractivity contribution in [2.45, 2.75) is 84.6 Å². The molecule has 0 aromatic rings. The van der Waals surface area contributed by atoms with E-state index in [1.165, 1.54) is 64.3 Å². The molecule has 0 saturated heterocycles. The van der Waals surface area contributed by atoms with Crippen molar-refractivity contribution >= 4 is 0 Å². The van der Waals surface area contributed by atoms with Gasteiger partial charge in [0.05, 0.1) is 0 Å². The summed E-state index contributed by atoms with van der Waals surface area (Å²) in [4.78, 5) is 0. The summed E-state index contributed by atoms with van der Waals surface area (Å²) in [5.41, 5.74) is 1.12. The molecule has 0 aromatic heterocycles. The summed E-state index contributed by atoms with van der Waals surface area (Å²) in [7, 11) is 0. The summed E-state index contributed by atoms with van der Waals surface area (Å²) < 4.78 is 0. The molecule has 3 aliphatic carbocycles. The maximum atomic E-state index is 4.04. The van der Waals surface area contributed by atoms with Gasteiger partial charge in [-0.1, -0.05) is 46.5 Å². The lowest BCUT2D eigenvalue weighted by Gasteiger charge is -2.44. The number of nitrogens with one attached hydrogen (secondary N) is 1. The lowest BCUT2D eigenvalue weighted by atomic mass is 9.68. The van der Waals surface area contributed by atoms with Gasteiger partial charge in [-0.3, -0.25) is 0 Å². The van der Waals surface area contributed by atoms with Gasteiger partial charge in [-0.25, -0.2) is 0 Å². The number of fused-ring (bicyclic) bond motifs is 2. The Labute approximate surface area is 119 Å². The second-order valence-electron chi connectivity index (χ2n) is 8.61. The van der Waals surface area contributed by atoms with E-state index in [2.05, 4.69) is 26.1 Å². The Hall–Kier alpha value is -0.0400. The van der Waals surface area contributed by atoms with Crippen molar-refractivity contribution in [1.29, 1.82) is 0 Å². The van der Waals surface area contributed by atoms with Crippen LogP contribution in [0.5, 0.6) is 0 Å². The molecule has 3 unspecified atom stereocenters. The van der Waals surface area contributed by atoms with Crippen LogP contribution in [0.25, 0.3) is 0 Å². The fourth-order valence-corrected chi connectivity index (χ4v) is 5.66. The monoisotopic (exact) mass is 263 g/mol. The summed E-state index contributed by atoms with van der Waals surface area (Å²) in [6.45, 7) is 8.88. The van der Waals surface area contributed by atoms with Gasteiger partial charge in [-0.05, 0) is 61.3 Å². The average molecular weight is 263 g/mol. The summed E-state index contributed by atoms with van der Waals surface area (Å²) in [5.74, 6) is 1.94. The first kappa shape index (κ1) is 13.9. The quantitative estimate of drug-likeness (QED) is 0.724. The fourth-order valence-electron chi connectivity index (χ4n) is 5.66. The molecule has 0 radical (unpaired) electrons. The molecule has 3 atom stereocenters. The standard InChI is InChI=1S/C18H33N/c1-17(2)15-10-11-18(3,12-15)16(17)19-13-14-8-6-4-5-7-9-14/h14-16,19H,4-13H2,1-3H3. The Morgan fingerprint density at radius 1 is 0.947 bits per heavy atom. The van der Waals surface area contributed by atoms with E-state index in [4.69, 9.17) is 0 Å². The van der Waals surface area contributed by atoms with Crippen LogP contribution in [0.1, 0.15) is 78.6 Å². The van der Waals surface area contributed by atoms with Crippen LogP contribution in [0.15, 0.2) is 0 Å². The van der Waals surface area contributed by atoms with Crippen LogP contribution in [-0.4, -0.2) is 12.6 Å². The van der Waals surface area contributed by atoms with Gasteiger partial charge < -0.3 is 5.32 Å². The first-order valence-corrected chi connectivity index (χ1v) is 8.76. The number of hydrogen-bond acceptors (Lipinski definition) is 1. The molecule has 1 N–H and O–H groups in total. The molecule has 110 valence electrons. The van der Waals surface area contributed by atoms with Crippen LogP contribution in [-0.2, 0) is 0 Å². The first-order chi connectivity index (χ1) is 9.02. The van der Waals surface area contributed by atoms with E-state index in [0.717, 1.165) is 17.9 Å². The summed E-state index contributed by atoms with van der Waals surface area (Å²) >= 11 is 0. The van der Waals surface area contributed by atoms with Crippen LogP contribution in [0.4, 0.5) is 0 Å². The molecule has 3 aliphatic rings. The SMILES string of the molecule is CC12CCC(C1)C(C)(C)C2NCC1CCCCCC1. The van der Waals surface area contributed by atoms with Gasteiger partial charge in [0.25, 0.3) is 0 Å². The molecule has 0 aromatic carbocycles. The minimum absolute atomic E-state index is 0.526. The molecule has 0 heterocycles. The largest absolute Gasteiger partial charge is 0.313 e. The van der Waals surface area contributed by atoms with E-state index in [-0.39, 0.29) is 0 Å². The van der Waals surface area contributed by atoms with Gasteiger partial charge in [-0.15, -0.1) is 0 Å². The van der Waals surface area contributed by atoms with Gasteiger partial charge in [0.2, 0.25) is 0 Å². The molecule has 1 heteroatoms. The van der Waals surface area contributed by atoms with E-state index in [0.29, 0.717) is 10.8 Å². The van der Waals surface area contributed by atoms with Crippen LogP contribution < -0.4 is 5.32 Å². The minimum atomic E-state index is 0.526. The van der Waals surface area contributed by atoms with Crippen LogP contribution in [0, 0.1) is 22.7 Å². The van der Waals surface area contributed by atoms with Crippen LogP contribution in [0.2, 0.25) is 0 Å². The zero-order valence-electron chi connectivity index (χ0n) is 13.3. The Morgan fingerprint density at radius 2 is 1.63 bits per heavy atom. The van der Waals surface area contributed by atoms with Gasteiger partial charge >= 0.3 is 0 Å². The maximum Gasteiger partial charge on any atom is 0.0175 e. The van der Waals surface area contributed by atoms with Crippen LogP contribution >= 0.6 is 0 Å². The Kier molecular flexibility index (Phi) is 3.71. The second-order valence-corrected chi connectivity index (χ2v) is 8.61. The van der Waals surface area contributed by atoms with Crippen molar-refractivity contribution in [3.63, 3.8) is 0 Å². The third-order valence-corrected chi connectivity index (χ3v) is 6.86. The highest BCUT2D eigenvalue weighted by molar-refractivity contribution is 5.12. The van der Waals surface area contributed by atoms with Crippen molar-refractivity contribution in [1.82, 2.24) is 5.32 Å². The molecule has 1 nitrogen and oxygen atoms in total. The predicted molar refractivity (Wildman–Crippen MR) is 82.2 cm³/mol. The third kappa shape index (κ3) is 2.48. The minimum Gasteiger partial charge on any atom is -0.313 e. The zero-order valence-corrected chi connectivity index (χ0v) is 13.3. The number of rotatable bonds is 3. The van der Waals surface area contributed by atoms with E-state index in [9.17, 15) is 0 Å². The lowest BCUT2D eigenvalue weighted by molar-refractivity contribution is 0.104. The second kappa shape index (κ2) is 5.06. The van der Waals surface area contributed by atoms with Crippen molar-refractivity contribution < 1.29 is 0 Å². The zero-order chi connectivity index (χ0) is 13.5. The first-order valence-electron chi connectivity index (χ1n) is 8.76. The normalized spacial score (nSPS) is 42.5. The van der Waals surface area contributed by atoms with Gasteiger partial charge in [0.15, 0.2) is 0 Å². The molecule has 3 fully saturated rings. The molecule has 19 heavy (non-hydrogen) atoms. The third-order valence-electron chi connectivity index (χ3n) is 6.86. The summed E-state index contributed by atoms with van der Waals surface area (Å²) in [6.07, 6.45) is 13.3. The fraction of sp³-hybridized carbons (Fsp3) is 1.00. The molecular formula is C18H33N. The highest BCUT2D eigenvalue weighted by Gasteiger charge is 2.58. The lowest BCUT2D eigenvalue weighted by Crippen LogP contribution is -2.51. The average Bonchev–Trinajstić information content (AvgIpc) is 2.68. The molecule has 0 aliphatic heterocycles. The van der Waals surface area contributed by atoms with Crippen molar-refractivity contribution in [3.8, 4) is 0 Å². The molecule has 0 spiro atoms. The Bertz CT molecular complexity index is 309. The highest BCUT2D eigenvalue weighted by Crippen LogP contribution is 2.62. The van der Waals surface area contributed by atoms with Gasteiger partial charge in [-0.2, -0.15) is 0 Å². The van der Waals surface area contributed by atoms with Gasteiger partial charge in [0, 0.05) is 6.04 Å². The van der Waals surface area contributed by atoms with Crippen LogP contribution in [0.3, 0.4) is 0 Å². The van der Waals surface area contributed by atoms with Gasteiger partial charge in [0.1, 0.15) is 0 Å². The smallest absolute Gasteiger partial charge is 0.0175 e. The molecule has 2 bridgehead atoms. The van der Waals surface area contributed by atoms with Crippen molar-refractivity contribution in [3.05, 3.63) is 0 Å². The van der Waals surface area contributed by atoms with Crippen molar-refractivity contribution in [2.24, 2.45) is 22.7 Å². The van der Waals surface area contributed by atoms with Crippen molar-refractivity contribution in [2.75, 3.05) is 6.54 Å². The highest BCUT2D eigenvalue weighted by atomic mass is 15.0. The summed E-state index contributed by atoms with van der Waals surface area (Å²) in [6, 6.07) is 0.766. The Balaban J connectivity index is 1.60. The predicted octanol–water partition coefficient (Wildman–Crippen LogP) is 4.76. The molecule has 3 rings (SSSR count). The van der Waals surface area contributed by atoms with E-state index >= 15 is 0 Å². The van der Waals surface area contributed by atoms with E-state index in [1.54, 1.807) is 0 Å². The number of hydrogen-bond donors (Lipinski definition) is 1. The molecule has 3 saturated carbocycles. The summed E-state index contributed by atoms with van der Waals surface area (Å²) in [5, 5.41) is 4.04. The molecular weight excluding hydrogens is 230 g/mol. The van der Waals surface area contributed by atoms with E-state index < -0.39 is 0 Å². The molecule has 0 amide bonds.